The van der Waals surface area contributed by atoms with E-state index in [0.29, 0.717) is 0 Å². The van der Waals surface area contributed by atoms with Crippen molar-refractivity contribution in [2.45, 2.75) is 0 Å². The van der Waals surface area contributed by atoms with Crippen LogP contribution in [0.1, 0.15) is 0 Å². The normalized spacial score (nSPS) is 5.89. The van der Waals surface area contributed by atoms with Gasteiger partial charge in [0.25, 0.3) is 112 Å². The van der Waals surface area contributed by atoms with Crippen molar-refractivity contribution >= 4 is 0 Å². The maximum atomic E-state index is 8.36. The van der Waals surface area contributed by atoms with E-state index in [1.54, 1.807) is 0 Å². The van der Waals surface area contributed by atoms with Crippen LogP contribution < -0.4 is 0 Å². The van der Waals surface area contributed by atoms with Gasteiger partial charge in [0.15, 0.2) is 0 Å². The Bertz CT molecular complexity index is 1430. The van der Waals surface area contributed by atoms with Gasteiger partial charge >= 0.3 is 39.0 Å². The summed E-state index contributed by atoms with van der Waals surface area (Å²) in [6, 6.07) is 0. The van der Waals surface area contributed by atoms with Crippen molar-refractivity contribution in [3.63, 3.8) is 0 Å². The number of hydrogen-bond acceptors (Lipinski definition) is 56. The molecule has 624 valence electrons. The first-order valence-electron chi connectivity index (χ1n) is 14.6. The first-order valence-corrected chi connectivity index (χ1v) is 14.6. The summed E-state index contributed by atoms with van der Waals surface area (Å²) >= 11 is 0. The Kier molecular flexibility index (Phi) is 311. The van der Waals surface area contributed by atoms with Gasteiger partial charge in [-0.05, 0) is 0 Å². The topological polar surface area (TPSA) is 1660 Å². The number of rotatable bonds is 0. The van der Waals surface area contributed by atoms with Crippen LogP contribution in [0.25, 0.3) is 0 Å². The molecular weight excluding hydrogens is 1740 g/mol. The molecule has 0 fully saturated rings. The summed E-state index contributed by atoms with van der Waals surface area (Å²) in [5, 5.41) is 359. The standard InChI is InChI=1S/22HNO3.4NO3.2Zn/c26*2-1(3)4;;/h22*(H,2,3,4);;;;;;/q;;;;;;;;;;;;;;;;;;;;;;4*-1;2*+2. The quantitative estimate of drug-likeness (QED) is 0.0608. The maximum absolute atomic E-state index is 8.36. The molecule has 104 nitrogen and oxygen atoms in total. The van der Waals surface area contributed by atoms with E-state index in [4.69, 9.17) is 398 Å². The second-order valence-corrected chi connectivity index (χ2v) is 6.13. The number of hydrogen-bond donors (Lipinski definition) is 22. The van der Waals surface area contributed by atoms with E-state index in [-0.39, 0.29) is 39.0 Å². The van der Waals surface area contributed by atoms with Crippen molar-refractivity contribution in [3.8, 4) is 0 Å². The van der Waals surface area contributed by atoms with Crippen LogP contribution in [-0.4, -0.2) is 247 Å². The molecule has 0 aliphatic rings. The summed E-state index contributed by atoms with van der Waals surface area (Å²) in [6.07, 6.45) is 0. The van der Waals surface area contributed by atoms with Gasteiger partial charge in [0, 0.05) is 0 Å². The van der Waals surface area contributed by atoms with E-state index in [1.165, 1.54) is 0 Å². The van der Waals surface area contributed by atoms with Crippen molar-refractivity contribution in [2.24, 2.45) is 0 Å². The minimum atomic E-state index is -1.75. The minimum absolute atomic E-state index is 0. The third-order valence-corrected chi connectivity index (χ3v) is 0. The minimum Gasteiger partial charge on any atom is -0.356 e. The molecule has 0 saturated carbocycles. The van der Waals surface area contributed by atoms with E-state index < -0.39 is 132 Å². The fourth-order valence-electron chi connectivity index (χ4n) is 0. The van der Waals surface area contributed by atoms with Crippen LogP contribution in [-0.2, 0) is 39.0 Å². The zero-order valence-corrected chi connectivity index (χ0v) is 51.7. The second kappa shape index (κ2) is 178. The fraction of sp³-hybridized carbons (Fsp3) is 0. The van der Waals surface area contributed by atoms with E-state index in [2.05, 4.69) is 0 Å². The van der Waals surface area contributed by atoms with Gasteiger partial charge in [0.2, 0.25) is 0 Å². The van der Waals surface area contributed by atoms with E-state index in [9.17, 15) is 0 Å². The number of nitrogens with zero attached hydrogens (tertiary/aromatic N) is 26. The molecule has 0 aromatic carbocycles. The Morgan fingerprint density at radius 1 is 0.0943 bits per heavy atom. The third-order valence-electron chi connectivity index (χ3n) is 0. The molecule has 0 rings (SSSR count). The monoisotopic (exact) mass is 1760 g/mol. The molecule has 0 saturated heterocycles. The molecule has 106 heteroatoms. The molecule has 0 aliphatic heterocycles. The van der Waals surface area contributed by atoms with Crippen molar-refractivity contribution < 1.29 is 286 Å². The van der Waals surface area contributed by atoms with Gasteiger partial charge in [0.05, 0.1) is 20.3 Å². The summed E-state index contributed by atoms with van der Waals surface area (Å²) in [7, 11) is 0. The Hall–Kier alpha value is -19.6. The van der Waals surface area contributed by atoms with Crippen molar-refractivity contribution in [3.05, 3.63) is 284 Å². The summed E-state index contributed by atoms with van der Waals surface area (Å²) < 4.78 is 0. The van der Waals surface area contributed by atoms with Gasteiger partial charge in [-0.3, -0.25) is 0 Å². The largest absolute Gasteiger partial charge is 2.00 e. The summed E-state index contributed by atoms with van der Waals surface area (Å²) in [6.45, 7) is 0. The zero-order valence-electron chi connectivity index (χ0n) is 45.7. The van der Waals surface area contributed by atoms with Crippen molar-refractivity contribution in [2.75, 3.05) is 0 Å². The molecule has 0 unspecified atom stereocenters. The van der Waals surface area contributed by atoms with Crippen LogP contribution >= 0.6 is 0 Å². The van der Waals surface area contributed by atoms with Crippen molar-refractivity contribution in [1.82, 2.24) is 0 Å². The summed E-state index contributed by atoms with van der Waals surface area (Å²) in [5.41, 5.74) is 0. The van der Waals surface area contributed by atoms with Gasteiger partial charge in [-0.25, -0.2) is 0 Å². The molecule has 0 heterocycles. The summed E-state index contributed by atoms with van der Waals surface area (Å²) in [4.78, 5) is 217. The zero-order chi connectivity index (χ0) is 93.0. The molecule has 0 aromatic heterocycles. The molecule has 106 heavy (non-hydrogen) atoms. The van der Waals surface area contributed by atoms with Crippen molar-refractivity contribution in [1.29, 1.82) is 0 Å². The third kappa shape index (κ3) is 1540. The Morgan fingerprint density at radius 2 is 0.0943 bits per heavy atom. The van der Waals surface area contributed by atoms with E-state index >= 15 is 0 Å². The molecule has 0 aromatic rings. The average molecular weight is 1770 g/mol. The van der Waals surface area contributed by atoms with Crippen LogP contribution in [0.2, 0.25) is 0 Å². The Labute approximate surface area is 570 Å². The van der Waals surface area contributed by atoms with Gasteiger partial charge in [-0.1, -0.05) is 0 Å². The average Bonchev–Trinajstić information content (AvgIpc) is 3.18. The van der Waals surface area contributed by atoms with Crippen LogP contribution in [0.15, 0.2) is 0 Å². The molecule has 0 amide bonds. The predicted octanol–water partition coefficient (Wildman–Crippen LogP) is -8.61. The van der Waals surface area contributed by atoms with E-state index in [0.717, 1.165) is 0 Å². The first-order chi connectivity index (χ1) is 45.0. The Morgan fingerprint density at radius 3 is 0.0943 bits per heavy atom. The maximum Gasteiger partial charge on any atom is 2.00 e. The molecule has 0 bridgehead atoms. The van der Waals surface area contributed by atoms with Gasteiger partial charge in [0.1, 0.15) is 0 Å². The summed E-state index contributed by atoms with van der Waals surface area (Å²) in [5.74, 6) is 0. The smallest absolute Gasteiger partial charge is 0.356 e. The Balaban J connectivity index is -0.0000000229. The van der Waals surface area contributed by atoms with Gasteiger partial charge < -0.3 is 176 Å². The molecule has 0 radical (unpaired) electrons. The fourth-order valence-corrected chi connectivity index (χ4v) is 0. The van der Waals surface area contributed by atoms with Crippen LogP contribution in [0.5, 0.6) is 0 Å². The molecule has 22 N–H and O–H groups in total. The molecular formula is H22N26O78Zn2. The molecule has 0 aliphatic carbocycles. The van der Waals surface area contributed by atoms with Crippen LogP contribution in [0.3, 0.4) is 0 Å². The first kappa shape index (κ1) is 185. The van der Waals surface area contributed by atoms with Crippen LogP contribution in [0.4, 0.5) is 0 Å². The van der Waals surface area contributed by atoms with E-state index in [1.807, 2.05) is 0 Å². The second-order valence-electron chi connectivity index (χ2n) is 6.13. The molecule has 0 atom stereocenters. The molecule has 0 spiro atoms. The van der Waals surface area contributed by atoms with Crippen LogP contribution in [0, 0.1) is 284 Å². The van der Waals surface area contributed by atoms with Gasteiger partial charge in [-0.2, -0.15) is 0 Å². The SMILES string of the molecule is O=[N+]([O-])O.O=[N+]([O-])O.O=[N+]([O-])O.O=[N+]([O-])O.O=[N+]([O-])O.O=[N+]([O-])O.O=[N+]([O-])O.O=[N+]([O-])O.O=[N+]([O-])O.O=[N+]([O-])O.O=[N+]([O-])O.O=[N+]([O-])O.O=[N+]([O-])O.O=[N+]([O-])O.O=[N+]([O-])O.O=[N+]([O-])O.O=[N+]([O-])O.O=[N+]([O-])O.O=[N+]([O-])O.O=[N+]([O-])O.O=[N+]([O-])O.O=[N+]([O-])O.O=[N+]([O-])[O-].O=[N+]([O-])[O-].O=[N+]([O-])[O-].O=[N+]([O-])[O-].[Zn+2].[Zn+2]. The van der Waals surface area contributed by atoms with Gasteiger partial charge in [-0.15, -0.1) is 223 Å². The predicted molar refractivity (Wildman–Crippen MR) is 235 cm³/mol.